The van der Waals surface area contributed by atoms with Gasteiger partial charge in [0, 0.05) is 18.7 Å². The van der Waals surface area contributed by atoms with Gasteiger partial charge in [-0.15, -0.1) is 13.2 Å². The van der Waals surface area contributed by atoms with E-state index in [2.05, 4.69) is 4.74 Å². The van der Waals surface area contributed by atoms with E-state index in [1.54, 1.807) is 0 Å². The van der Waals surface area contributed by atoms with Crippen LogP contribution in [0.2, 0.25) is 0 Å². The highest BCUT2D eigenvalue weighted by Crippen LogP contribution is 2.27. The van der Waals surface area contributed by atoms with Gasteiger partial charge in [0.15, 0.2) is 0 Å². The van der Waals surface area contributed by atoms with E-state index in [4.69, 9.17) is 9.47 Å². The molecule has 1 aromatic rings. The maximum atomic E-state index is 12.0. The van der Waals surface area contributed by atoms with Crippen LogP contribution in [0.25, 0.3) is 0 Å². The first-order chi connectivity index (χ1) is 8.44. The zero-order valence-electron chi connectivity index (χ0n) is 9.49. The van der Waals surface area contributed by atoms with Crippen molar-refractivity contribution in [3.63, 3.8) is 0 Å². The normalized spacial score (nSPS) is 11.1. The fourth-order valence-electron chi connectivity index (χ4n) is 1.18. The maximum absolute atomic E-state index is 12.0. The molecule has 0 unspecified atom stereocenters. The molecular formula is C11H11F3O4. The van der Waals surface area contributed by atoms with Crippen LogP contribution in [0, 0.1) is 0 Å². The minimum Gasteiger partial charge on any atom is -0.491 e. The summed E-state index contributed by atoms with van der Waals surface area (Å²) in [5.41, 5.74) is 0.0316. The van der Waals surface area contributed by atoms with Crippen LogP contribution in [-0.2, 0) is 4.74 Å². The molecule has 100 valence electrons. The summed E-state index contributed by atoms with van der Waals surface area (Å²) < 4.78 is 49.7. The summed E-state index contributed by atoms with van der Waals surface area (Å²) in [6, 6.07) is 3.34. The number of aldehydes is 1. The van der Waals surface area contributed by atoms with Gasteiger partial charge in [0.05, 0.1) is 6.61 Å². The lowest BCUT2D eigenvalue weighted by Gasteiger charge is -2.11. The zero-order chi connectivity index (χ0) is 13.6. The molecule has 1 aromatic carbocycles. The summed E-state index contributed by atoms with van der Waals surface area (Å²) in [7, 11) is 1.46. The van der Waals surface area contributed by atoms with Gasteiger partial charge in [0.2, 0.25) is 0 Å². The van der Waals surface area contributed by atoms with Gasteiger partial charge >= 0.3 is 6.36 Å². The summed E-state index contributed by atoms with van der Waals surface area (Å²) in [6.07, 6.45) is -4.41. The van der Waals surface area contributed by atoms with E-state index < -0.39 is 12.1 Å². The van der Waals surface area contributed by atoms with Crippen molar-refractivity contribution < 1.29 is 32.2 Å². The maximum Gasteiger partial charge on any atom is 0.573 e. The summed E-state index contributed by atoms with van der Waals surface area (Å²) in [5.74, 6) is -0.393. The summed E-state index contributed by atoms with van der Waals surface area (Å²) in [5, 5.41) is 0. The van der Waals surface area contributed by atoms with Gasteiger partial charge in [-0.2, -0.15) is 0 Å². The predicted molar refractivity (Wildman–Crippen MR) is 55.9 cm³/mol. The number of halogens is 3. The van der Waals surface area contributed by atoms with Gasteiger partial charge in [-0.3, -0.25) is 4.79 Å². The van der Waals surface area contributed by atoms with E-state index in [0.717, 1.165) is 12.1 Å². The zero-order valence-corrected chi connectivity index (χ0v) is 9.49. The van der Waals surface area contributed by atoms with Crippen molar-refractivity contribution in [1.29, 1.82) is 0 Å². The molecule has 0 aliphatic heterocycles. The first-order valence-corrected chi connectivity index (χ1v) is 4.92. The monoisotopic (exact) mass is 264 g/mol. The lowest BCUT2D eigenvalue weighted by Crippen LogP contribution is -2.17. The molecule has 0 heterocycles. The van der Waals surface area contributed by atoms with E-state index in [-0.39, 0.29) is 24.5 Å². The Labute approximate surface area is 101 Å². The van der Waals surface area contributed by atoms with Crippen molar-refractivity contribution in [2.45, 2.75) is 6.36 Å². The molecule has 18 heavy (non-hydrogen) atoms. The molecular weight excluding hydrogens is 253 g/mol. The van der Waals surface area contributed by atoms with Crippen LogP contribution < -0.4 is 9.47 Å². The Bertz CT molecular complexity index is 404. The molecule has 0 atom stereocenters. The van der Waals surface area contributed by atoms with E-state index in [1.165, 1.54) is 13.2 Å². The van der Waals surface area contributed by atoms with Gasteiger partial charge in [-0.25, -0.2) is 0 Å². The fourth-order valence-corrected chi connectivity index (χ4v) is 1.18. The standard InChI is InChI=1S/C11H11F3O4/c1-16-2-3-17-9-4-8(7-15)5-10(6-9)18-11(12,13)14/h4-7H,2-3H2,1H3. The number of ether oxygens (including phenoxy) is 3. The quantitative estimate of drug-likeness (QED) is 0.584. The van der Waals surface area contributed by atoms with Crippen LogP contribution in [0.3, 0.4) is 0 Å². The molecule has 0 N–H and O–H groups in total. The third-order valence-electron chi connectivity index (χ3n) is 1.83. The molecule has 0 fully saturated rings. The fraction of sp³-hybridized carbons (Fsp3) is 0.364. The molecule has 0 aliphatic carbocycles. The molecule has 0 radical (unpaired) electrons. The van der Waals surface area contributed by atoms with Crippen molar-refractivity contribution in [2.75, 3.05) is 20.3 Å². The van der Waals surface area contributed by atoms with Gasteiger partial charge < -0.3 is 14.2 Å². The van der Waals surface area contributed by atoms with Crippen LogP contribution in [0.1, 0.15) is 10.4 Å². The summed E-state index contributed by atoms with van der Waals surface area (Å²) >= 11 is 0. The second-order valence-corrected chi connectivity index (χ2v) is 3.24. The van der Waals surface area contributed by atoms with Gasteiger partial charge in [0.25, 0.3) is 0 Å². The second-order valence-electron chi connectivity index (χ2n) is 3.24. The number of carbonyl (C=O) groups excluding carboxylic acids is 1. The highest BCUT2D eigenvalue weighted by atomic mass is 19.4. The summed E-state index contributed by atoms with van der Waals surface area (Å²) in [4.78, 5) is 10.6. The molecule has 0 amide bonds. The lowest BCUT2D eigenvalue weighted by molar-refractivity contribution is -0.274. The number of hydrogen-bond acceptors (Lipinski definition) is 4. The Kier molecular flexibility index (Phi) is 4.96. The number of rotatable bonds is 6. The van der Waals surface area contributed by atoms with Crippen molar-refractivity contribution in [1.82, 2.24) is 0 Å². The molecule has 0 aliphatic rings. The molecule has 1 rings (SSSR count). The van der Waals surface area contributed by atoms with Crippen LogP contribution in [-0.4, -0.2) is 33.0 Å². The molecule has 0 saturated carbocycles. The molecule has 0 spiro atoms. The third kappa shape index (κ3) is 5.05. The van der Waals surface area contributed by atoms with E-state index in [9.17, 15) is 18.0 Å². The molecule has 0 aromatic heterocycles. The Balaban J connectivity index is 2.84. The first-order valence-electron chi connectivity index (χ1n) is 4.92. The molecule has 0 bridgehead atoms. The number of hydrogen-bond donors (Lipinski definition) is 0. The van der Waals surface area contributed by atoms with Crippen molar-refractivity contribution in [2.24, 2.45) is 0 Å². The first kappa shape index (κ1) is 14.3. The highest BCUT2D eigenvalue weighted by molar-refractivity contribution is 5.76. The average molecular weight is 264 g/mol. The van der Waals surface area contributed by atoms with Gasteiger partial charge in [-0.05, 0) is 12.1 Å². The Morgan fingerprint density at radius 3 is 2.39 bits per heavy atom. The summed E-state index contributed by atoms with van der Waals surface area (Å²) in [6.45, 7) is 0.436. The predicted octanol–water partition coefficient (Wildman–Crippen LogP) is 2.42. The minimum absolute atomic E-state index is 0.0316. The lowest BCUT2D eigenvalue weighted by atomic mass is 10.2. The largest absolute Gasteiger partial charge is 0.573 e. The van der Waals surface area contributed by atoms with Crippen molar-refractivity contribution in [3.8, 4) is 11.5 Å². The number of benzene rings is 1. The SMILES string of the molecule is COCCOc1cc(C=O)cc(OC(F)(F)F)c1. The molecule has 7 heteroatoms. The van der Waals surface area contributed by atoms with E-state index in [1.807, 2.05) is 0 Å². The van der Waals surface area contributed by atoms with Crippen LogP contribution in [0.4, 0.5) is 13.2 Å². The molecule has 4 nitrogen and oxygen atoms in total. The van der Waals surface area contributed by atoms with Gasteiger partial charge in [-0.1, -0.05) is 0 Å². The minimum atomic E-state index is -4.81. The number of carbonyl (C=O) groups is 1. The van der Waals surface area contributed by atoms with E-state index in [0.29, 0.717) is 6.29 Å². The topological polar surface area (TPSA) is 44.8 Å². The van der Waals surface area contributed by atoms with Crippen LogP contribution >= 0.6 is 0 Å². The number of methoxy groups -OCH3 is 1. The highest BCUT2D eigenvalue weighted by Gasteiger charge is 2.31. The van der Waals surface area contributed by atoms with Gasteiger partial charge in [0.1, 0.15) is 24.4 Å². The second kappa shape index (κ2) is 6.25. The smallest absolute Gasteiger partial charge is 0.491 e. The van der Waals surface area contributed by atoms with Crippen LogP contribution in [0.15, 0.2) is 18.2 Å². The third-order valence-corrected chi connectivity index (χ3v) is 1.83. The van der Waals surface area contributed by atoms with Crippen molar-refractivity contribution >= 4 is 6.29 Å². The Morgan fingerprint density at radius 1 is 1.17 bits per heavy atom. The Morgan fingerprint density at radius 2 is 1.83 bits per heavy atom. The Hall–Kier alpha value is -1.76. The number of alkyl halides is 3. The van der Waals surface area contributed by atoms with Crippen LogP contribution in [0.5, 0.6) is 11.5 Å². The van der Waals surface area contributed by atoms with Crippen molar-refractivity contribution in [3.05, 3.63) is 23.8 Å². The van der Waals surface area contributed by atoms with E-state index >= 15 is 0 Å². The average Bonchev–Trinajstić information content (AvgIpc) is 2.26. The molecule has 0 saturated heterocycles.